The number of ether oxygens (including phenoxy) is 2. The summed E-state index contributed by atoms with van der Waals surface area (Å²) in [6.07, 6.45) is 6.14. The molecule has 7 heteroatoms. The number of hydrogen-bond donors (Lipinski definition) is 1. The minimum Gasteiger partial charge on any atom is -0.496 e. The van der Waals surface area contributed by atoms with Gasteiger partial charge in [0.25, 0.3) is 5.91 Å². The van der Waals surface area contributed by atoms with E-state index in [1.807, 2.05) is 30.3 Å². The fraction of sp³-hybridized carbons (Fsp3) is 0.500. The van der Waals surface area contributed by atoms with Gasteiger partial charge in [-0.15, -0.1) is 0 Å². The zero-order valence-corrected chi connectivity index (χ0v) is 23.2. The Morgan fingerprint density at radius 3 is 2.67 bits per heavy atom. The summed E-state index contributed by atoms with van der Waals surface area (Å²) < 4.78 is 11.1. The Morgan fingerprint density at radius 1 is 1.23 bits per heavy atom. The lowest BCUT2D eigenvalue weighted by atomic mass is 9.56. The SMILES string of the molecule is COc1cc(C)c2[nH]ccc2c1CN1CCC2(CC(C#N)C2)C[C@H]1c1ccc(C(=O)N(C)CC2COC2)cc1. The average molecular weight is 527 g/mol. The summed E-state index contributed by atoms with van der Waals surface area (Å²) >= 11 is 0. The lowest BCUT2D eigenvalue weighted by Crippen LogP contribution is -2.48. The second-order valence-electron chi connectivity index (χ2n) is 12.0. The van der Waals surface area contributed by atoms with Gasteiger partial charge in [0.2, 0.25) is 0 Å². The van der Waals surface area contributed by atoms with Gasteiger partial charge in [-0.05, 0) is 80.0 Å². The summed E-state index contributed by atoms with van der Waals surface area (Å²) in [5, 5.41) is 10.7. The lowest BCUT2D eigenvalue weighted by Gasteiger charge is -2.53. The second-order valence-corrected chi connectivity index (χ2v) is 12.0. The van der Waals surface area contributed by atoms with Crippen molar-refractivity contribution in [1.82, 2.24) is 14.8 Å². The Hall–Kier alpha value is -3.34. The molecule has 1 atom stereocenters. The quantitative estimate of drug-likeness (QED) is 0.442. The third-order valence-corrected chi connectivity index (χ3v) is 9.36. The van der Waals surface area contributed by atoms with Crippen LogP contribution < -0.4 is 4.74 Å². The van der Waals surface area contributed by atoms with Crippen molar-refractivity contribution in [1.29, 1.82) is 5.26 Å². The molecule has 1 saturated carbocycles. The van der Waals surface area contributed by atoms with Gasteiger partial charge in [0.15, 0.2) is 0 Å². The van der Waals surface area contributed by atoms with E-state index in [0.29, 0.717) is 5.92 Å². The van der Waals surface area contributed by atoms with E-state index in [-0.39, 0.29) is 23.3 Å². The zero-order chi connectivity index (χ0) is 27.1. The molecular formula is C32H38N4O3. The molecule has 3 fully saturated rings. The third kappa shape index (κ3) is 4.81. The molecule has 0 radical (unpaired) electrons. The van der Waals surface area contributed by atoms with Crippen LogP contribution in [0.5, 0.6) is 5.75 Å². The van der Waals surface area contributed by atoms with Crippen molar-refractivity contribution in [3.05, 3.63) is 64.8 Å². The van der Waals surface area contributed by atoms with Crippen molar-refractivity contribution in [2.45, 2.75) is 45.2 Å². The van der Waals surface area contributed by atoms with Crippen LogP contribution in [0.15, 0.2) is 42.6 Å². The lowest BCUT2D eigenvalue weighted by molar-refractivity contribution is -0.0411. The topological polar surface area (TPSA) is 81.6 Å². The molecule has 6 rings (SSSR count). The first-order valence-corrected chi connectivity index (χ1v) is 14.1. The van der Waals surface area contributed by atoms with Crippen molar-refractivity contribution in [3.8, 4) is 11.8 Å². The number of aromatic nitrogens is 1. The van der Waals surface area contributed by atoms with E-state index in [1.165, 1.54) is 22.1 Å². The van der Waals surface area contributed by atoms with Crippen LogP contribution in [0.3, 0.4) is 0 Å². The largest absolute Gasteiger partial charge is 0.496 e. The highest BCUT2D eigenvalue weighted by atomic mass is 16.5. The number of benzene rings is 2. The van der Waals surface area contributed by atoms with Crippen molar-refractivity contribution in [3.63, 3.8) is 0 Å². The molecule has 1 spiro atoms. The van der Waals surface area contributed by atoms with Crippen LogP contribution in [0.2, 0.25) is 0 Å². The maximum Gasteiger partial charge on any atom is 0.253 e. The van der Waals surface area contributed by atoms with Crippen molar-refractivity contribution in [2.24, 2.45) is 17.3 Å². The molecule has 1 aliphatic carbocycles. The predicted molar refractivity (Wildman–Crippen MR) is 150 cm³/mol. The van der Waals surface area contributed by atoms with E-state index in [1.54, 1.807) is 7.11 Å². The minimum atomic E-state index is 0.0560. The molecule has 2 aliphatic heterocycles. The van der Waals surface area contributed by atoms with Gasteiger partial charge in [-0.2, -0.15) is 5.26 Å². The summed E-state index contributed by atoms with van der Waals surface area (Å²) in [6.45, 7) is 6.07. The molecule has 1 aromatic heterocycles. The van der Waals surface area contributed by atoms with Gasteiger partial charge in [-0.25, -0.2) is 0 Å². The number of amides is 1. The van der Waals surface area contributed by atoms with Gasteiger partial charge < -0.3 is 19.4 Å². The number of methoxy groups -OCH3 is 1. The number of nitrogens with one attached hydrogen (secondary N) is 1. The number of carbonyl (C=O) groups excluding carboxylic acids is 1. The summed E-state index contributed by atoms with van der Waals surface area (Å²) in [6, 6.07) is 15.2. The highest BCUT2D eigenvalue weighted by Crippen LogP contribution is 2.56. The fourth-order valence-corrected chi connectivity index (χ4v) is 7.06. The normalized spacial score (nSPS) is 25.2. The average Bonchev–Trinajstić information content (AvgIpc) is 3.41. The number of nitrogens with zero attached hydrogens (tertiary/aromatic N) is 3. The molecular weight excluding hydrogens is 488 g/mol. The maximum absolute atomic E-state index is 13.1. The Kier molecular flexibility index (Phi) is 6.86. The number of piperidine rings is 1. The van der Waals surface area contributed by atoms with E-state index in [0.717, 1.165) is 75.4 Å². The van der Waals surface area contributed by atoms with Crippen LogP contribution in [-0.2, 0) is 11.3 Å². The predicted octanol–water partition coefficient (Wildman–Crippen LogP) is 5.46. The van der Waals surface area contributed by atoms with Gasteiger partial charge in [-0.1, -0.05) is 12.1 Å². The molecule has 0 bridgehead atoms. The van der Waals surface area contributed by atoms with Crippen molar-refractivity contribution in [2.75, 3.05) is 40.5 Å². The number of hydrogen-bond acceptors (Lipinski definition) is 5. The van der Waals surface area contributed by atoms with Crippen LogP contribution >= 0.6 is 0 Å². The monoisotopic (exact) mass is 526 g/mol. The minimum absolute atomic E-state index is 0.0560. The standard InChI is InChI=1S/C32H38N4O3/c1-21-12-29(38-3)27(26-8-10-34-30(21)26)18-36-11-9-32(13-22(14-32)16-33)15-28(36)24-4-6-25(7-5-24)31(37)35(2)17-23-19-39-20-23/h4-8,10,12,22-23,28,34H,9,11,13-15,17-20H2,1-3H3/t22?,28-,32?/m0/s1. The van der Waals surface area contributed by atoms with Crippen LogP contribution in [-0.4, -0.2) is 61.2 Å². The van der Waals surface area contributed by atoms with Crippen LogP contribution in [0, 0.1) is 35.5 Å². The zero-order valence-electron chi connectivity index (χ0n) is 23.2. The highest BCUT2D eigenvalue weighted by molar-refractivity contribution is 5.94. The van der Waals surface area contributed by atoms with E-state index in [4.69, 9.17) is 9.47 Å². The molecule has 0 unspecified atom stereocenters. The van der Waals surface area contributed by atoms with Gasteiger partial charge >= 0.3 is 0 Å². The molecule has 3 heterocycles. The number of H-pyrrole nitrogens is 1. The number of nitriles is 1. The van der Waals surface area contributed by atoms with Gasteiger partial charge in [0, 0.05) is 66.2 Å². The summed E-state index contributed by atoms with van der Waals surface area (Å²) in [7, 11) is 3.63. The molecule has 1 N–H and O–H groups in total. The van der Waals surface area contributed by atoms with Gasteiger partial charge in [0.1, 0.15) is 5.75 Å². The maximum atomic E-state index is 13.1. The van der Waals surface area contributed by atoms with Crippen LogP contribution in [0.25, 0.3) is 10.9 Å². The first-order chi connectivity index (χ1) is 18.9. The van der Waals surface area contributed by atoms with E-state index >= 15 is 0 Å². The smallest absolute Gasteiger partial charge is 0.253 e. The molecule has 204 valence electrons. The third-order valence-electron chi connectivity index (χ3n) is 9.36. The Bertz CT molecular complexity index is 1400. The van der Waals surface area contributed by atoms with Crippen LogP contribution in [0.4, 0.5) is 0 Å². The number of carbonyl (C=O) groups is 1. The van der Waals surface area contributed by atoms with Gasteiger partial charge in [-0.3, -0.25) is 9.69 Å². The summed E-state index contributed by atoms with van der Waals surface area (Å²) in [4.78, 5) is 20.9. The molecule has 39 heavy (non-hydrogen) atoms. The Balaban J connectivity index is 1.27. The second kappa shape index (κ2) is 10.3. The fourth-order valence-electron chi connectivity index (χ4n) is 7.06. The number of aromatic amines is 1. The molecule has 7 nitrogen and oxygen atoms in total. The number of fused-ring (bicyclic) bond motifs is 1. The molecule has 3 aliphatic rings. The Morgan fingerprint density at radius 2 is 2.00 bits per heavy atom. The molecule has 2 aromatic carbocycles. The van der Waals surface area contributed by atoms with E-state index < -0.39 is 0 Å². The van der Waals surface area contributed by atoms with Crippen LogP contribution in [0.1, 0.15) is 58.8 Å². The number of aryl methyl sites for hydroxylation is 1. The van der Waals surface area contributed by atoms with Crippen molar-refractivity contribution >= 4 is 16.8 Å². The van der Waals surface area contributed by atoms with Gasteiger partial charge in [0.05, 0.1) is 26.4 Å². The van der Waals surface area contributed by atoms with Crippen molar-refractivity contribution < 1.29 is 14.3 Å². The summed E-state index contributed by atoms with van der Waals surface area (Å²) in [5.74, 6) is 1.61. The molecule has 3 aromatic rings. The summed E-state index contributed by atoms with van der Waals surface area (Å²) in [5.41, 5.74) is 5.74. The molecule has 2 saturated heterocycles. The highest BCUT2D eigenvalue weighted by Gasteiger charge is 2.49. The molecule has 1 amide bonds. The number of likely N-dealkylation sites (tertiary alicyclic amines) is 1. The Labute approximate surface area is 230 Å². The first kappa shape index (κ1) is 25.9. The number of rotatable bonds is 7. The van der Waals surface area contributed by atoms with E-state index in [9.17, 15) is 10.1 Å². The van der Waals surface area contributed by atoms with E-state index in [2.05, 4.69) is 47.1 Å². The first-order valence-electron chi connectivity index (χ1n) is 14.1.